The van der Waals surface area contributed by atoms with Gasteiger partial charge in [0.25, 0.3) is 0 Å². The van der Waals surface area contributed by atoms with Gasteiger partial charge in [0.1, 0.15) is 5.84 Å². The second-order valence-electron chi connectivity index (χ2n) is 4.29. The van der Waals surface area contributed by atoms with Crippen LogP contribution >= 0.6 is 0 Å². The molecule has 1 aromatic rings. The van der Waals surface area contributed by atoms with E-state index in [0.717, 1.165) is 18.5 Å². The average Bonchev–Trinajstić information content (AvgIpc) is 2.31. The van der Waals surface area contributed by atoms with Gasteiger partial charge < -0.3 is 16.3 Å². The van der Waals surface area contributed by atoms with Crippen molar-refractivity contribution < 1.29 is 5.21 Å². The van der Waals surface area contributed by atoms with Crippen LogP contribution in [0, 0.1) is 0 Å². The number of hydrogen-bond acceptors (Lipinski definition) is 3. The third-order valence-electron chi connectivity index (χ3n) is 2.55. The summed E-state index contributed by atoms with van der Waals surface area (Å²) in [6, 6.07) is 8.52. The molecule has 0 spiro atoms. The minimum absolute atomic E-state index is 0.142. The van der Waals surface area contributed by atoms with Crippen molar-refractivity contribution in [3.05, 3.63) is 29.8 Å². The molecule has 1 aromatic carbocycles. The van der Waals surface area contributed by atoms with E-state index in [1.807, 2.05) is 6.92 Å². The topological polar surface area (TPSA) is 70.6 Å². The number of oxime groups is 1. The summed E-state index contributed by atoms with van der Waals surface area (Å²) in [7, 11) is 0. The van der Waals surface area contributed by atoms with E-state index >= 15 is 0 Å². The van der Waals surface area contributed by atoms with Crippen LogP contribution in [0.25, 0.3) is 0 Å². The lowest BCUT2D eigenvalue weighted by molar-refractivity contribution is 0.316. The van der Waals surface area contributed by atoms with Crippen LogP contribution in [0.2, 0.25) is 0 Å². The molecule has 0 amide bonds. The number of rotatable bonds is 6. The van der Waals surface area contributed by atoms with Gasteiger partial charge >= 0.3 is 0 Å². The fourth-order valence-corrected chi connectivity index (χ4v) is 1.75. The zero-order chi connectivity index (χ0) is 12.7. The lowest BCUT2D eigenvalue weighted by Crippen LogP contribution is -2.24. The van der Waals surface area contributed by atoms with Crippen molar-refractivity contribution in [3.63, 3.8) is 0 Å². The van der Waals surface area contributed by atoms with Crippen LogP contribution in [0.3, 0.4) is 0 Å². The molecule has 1 atom stereocenters. The van der Waals surface area contributed by atoms with Crippen molar-refractivity contribution in [2.75, 3.05) is 5.32 Å². The molecule has 4 nitrogen and oxygen atoms in total. The lowest BCUT2D eigenvalue weighted by atomic mass is 10.1. The van der Waals surface area contributed by atoms with Gasteiger partial charge in [-0.2, -0.15) is 0 Å². The number of aryl methyl sites for hydroxylation is 1. The fraction of sp³-hybridized carbons (Fsp3) is 0.462. The Morgan fingerprint density at radius 3 is 2.59 bits per heavy atom. The first kappa shape index (κ1) is 13.4. The van der Waals surface area contributed by atoms with Gasteiger partial charge in [-0.05, 0) is 31.0 Å². The highest BCUT2D eigenvalue weighted by atomic mass is 16.4. The summed E-state index contributed by atoms with van der Waals surface area (Å²) in [6.45, 7) is 4.17. The maximum Gasteiger partial charge on any atom is 0.141 e. The van der Waals surface area contributed by atoms with Crippen LogP contribution in [0.1, 0.15) is 32.3 Å². The average molecular weight is 235 g/mol. The van der Waals surface area contributed by atoms with Gasteiger partial charge in [0.05, 0.1) is 0 Å². The maximum absolute atomic E-state index is 8.48. The molecule has 0 aliphatic rings. The van der Waals surface area contributed by atoms with Crippen LogP contribution in [-0.4, -0.2) is 17.1 Å². The van der Waals surface area contributed by atoms with Gasteiger partial charge in [-0.25, -0.2) is 0 Å². The number of amidine groups is 1. The molecule has 4 heteroatoms. The molecular formula is C13H21N3O. The van der Waals surface area contributed by atoms with Crippen LogP contribution in [-0.2, 0) is 6.42 Å². The summed E-state index contributed by atoms with van der Waals surface area (Å²) in [4.78, 5) is 0. The molecule has 4 N–H and O–H groups in total. The SMILES string of the molecule is CCCc1ccc(NC(C)CC(N)=NO)cc1. The molecule has 0 fully saturated rings. The van der Waals surface area contributed by atoms with E-state index in [2.05, 4.69) is 41.7 Å². The summed E-state index contributed by atoms with van der Waals surface area (Å²) in [5.74, 6) is 0.243. The quantitative estimate of drug-likeness (QED) is 0.307. The van der Waals surface area contributed by atoms with E-state index in [9.17, 15) is 0 Å². The van der Waals surface area contributed by atoms with Crippen LogP contribution in [0.5, 0.6) is 0 Å². The highest BCUT2D eigenvalue weighted by molar-refractivity contribution is 5.80. The maximum atomic E-state index is 8.48. The van der Waals surface area contributed by atoms with Gasteiger partial charge in [0.2, 0.25) is 0 Å². The van der Waals surface area contributed by atoms with Crippen molar-refractivity contribution in [1.82, 2.24) is 0 Å². The Hall–Kier alpha value is -1.71. The van der Waals surface area contributed by atoms with Crippen LogP contribution < -0.4 is 11.1 Å². The molecule has 0 saturated carbocycles. The van der Waals surface area contributed by atoms with E-state index in [0.29, 0.717) is 6.42 Å². The minimum Gasteiger partial charge on any atom is -0.409 e. The highest BCUT2D eigenvalue weighted by Crippen LogP contribution is 2.12. The summed E-state index contributed by atoms with van der Waals surface area (Å²) >= 11 is 0. The fourth-order valence-electron chi connectivity index (χ4n) is 1.75. The predicted molar refractivity (Wildman–Crippen MR) is 71.5 cm³/mol. The number of nitrogens with two attached hydrogens (primary N) is 1. The second-order valence-corrected chi connectivity index (χ2v) is 4.29. The third-order valence-corrected chi connectivity index (χ3v) is 2.55. The number of nitrogens with one attached hydrogen (secondary N) is 1. The van der Waals surface area contributed by atoms with Crippen LogP contribution in [0.4, 0.5) is 5.69 Å². The Morgan fingerprint density at radius 2 is 2.06 bits per heavy atom. The number of hydrogen-bond donors (Lipinski definition) is 3. The summed E-state index contributed by atoms with van der Waals surface area (Å²) in [6.07, 6.45) is 2.79. The summed E-state index contributed by atoms with van der Waals surface area (Å²) in [5.41, 5.74) is 7.86. The molecule has 0 saturated heterocycles. The first-order valence-electron chi connectivity index (χ1n) is 5.97. The summed E-state index contributed by atoms with van der Waals surface area (Å²) in [5, 5.41) is 14.7. The molecule has 0 aliphatic heterocycles. The molecule has 0 bridgehead atoms. The van der Waals surface area contributed by atoms with Gasteiger partial charge in [-0.1, -0.05) is 30.6 Å². The lowest BCUT2D eigenvalue weighted by Gasteiger charge is -2.14. The van der Waals surface area contributed by atoms with E-state index in [-0.39, 0.29) is 11.9 Å². The summed E-state index contributed by atoms with van der Waals surface area (Å²) < 4.78 is 0. The molecule has 1 unspecified atom stereocenters. The van der Waals surface area contributed by atoms with Gasteiger partial charge in [-0.3, -0.25) is 0 Å². The largest absolute Gasteiger partial charge is 0.409 e. The second kappa shape index (κ2) is 6.78. The Bertz CT molecular complexity index is 359. The number of anilines is 1. The smallest absolute Gasteiger partial charge is 0.141 e. The first-order valence-corrected chi connectivity index (χ1v) is 5.97. The van der Waals surface area contributed by atoms with E-state index in [1.54, 1.807) is 0 Å². The molecule has 17 heavy (non-hydrogen) atoms. The van der Waals surface area contributed by atoms with Crippen molar-refractivity contribution in [3.8, 4) is 0 Å². The Labute approximate surface area is 103 Å². The zero-order valence-corrected chi connectivity index (χ0v) is 10.5. The highest BCUT2D eigenvalue weighted by Gasteiger charge is 2.04. The standard InChI is InChI=1S/C13H21N3O/c1-3-4-11-5-7-12(8-6-11)15-10(2)9-13(14)16-17/h5-8,10,15,17H,3-4,9H2,1-2H3,(H2,14,16). The monoisotopic (exact) mass is 235 g/mol. The first-order chi connectivity index (χ1) is 8.15. The van der Waals surface area contributed by atoms with Crippen LogP contribution in [0.15, 0.2) is 29.4 Å². The normalized spacial score (nSPS) is 13.4. The van der Waals surface area contributed by atoms with E-state index in [1.165, 1.54) is 5.56 Å². The minimum atomic E-state index is 0.142. The van der Waals surface area contributed by atoms with Crippen molar-refractivity contribution in [1.29, 1.82) is 0 Å². The molecule has 0 aliphatic carbocycles. The number of nitrogens with zero attached hydrogens (tertiary/aromatic N) is 1. The van der Waals surface area contributed by atoms with Crippen molar-refractivity contribution in [2.24, 2.45) is 10.9 Å². The van der Waals surface area contributed by atoms with Gasteiger partial charge in [0.15, 0.2) is 0 Å². The predicted octanol–water partition coefficient (Wildman–Crippen LogP) is 2.58. The van der Waals surface area contributed by atoms with Crippen molar-refractivity contribution in [2.45, 2.75) is 39.2 Å². The number of benzene rings is 1. The third kappa shape index (κ3) is 4.76. The molecule has 0 aromatic heterocycles. The van der Waals surface area contributed by atoms with Crippen molar-refractivity contribution >= 4 is 11.5 Å². The van der Waals surface area contributed by atoms with E-state index in [4.69, 9.17) is 10.9 Å². The van der Waals surface area contributed by atoms with E-state index < -0.39 is 0 Å². The van der Waals surface area contributed by atoms with Gasteiger partial charge in [-0.15, -0.1) is 0 Å². The molecule has 0 heterocycles. The molecule has 94 valence electrons. The van der Waals surface area contributed by atoms with Gasteiger partial charge in [0, 0.05) is 18.2 Å². The Morgan fingerprint density at radius 1 is 1.41 bits per heavy atom. The Balaban J connectivity index is 2.51. The Kier molecular flexibility index (Phi) is 5.33. The molecule has 1 rings (SSSR count). The molecular weight excluding hydrogens is 214 g/mol. The molecule has 0 radical (unpaired) electrons. The zero-order valence-electron chi connectivity index (χ0n) is 10.5.